The molecule has 2 aromatic carbocycles. The number of halogens is 1. The number of fused-ring (bicyclic) bond motifs is 1. The number of ether oxygens (including phenoxy) is 2. The monoisotopic (exact) mass is 390 g/mol. The average molecular weight is 391 g/mol. The molecule has 0 spiro atoms. The van der Waals surface area contributed by atoms with Gasteiger partial charge >= 0.3 is 0 Å². The highest BCUT2D eigenvalue weighted by Crippen LogP contribution is 2.41. The van der Waals surface area contributed by atoms with E-state index in [2.05, 4.69) is 5.32 Å². The summed E-state index contributed by atoms with van der Waals surface area (Å²) in [6.45, 7) is 4.46. The molecule has 1 aliphatic heterocycles. The molecule has 1 N–H and O–H groups in total. The fourth-order valence-corrected chi connectivity index (χ4v) is 3.13. The lowest BCUT2D eigenvalue weighted by Crippen LogP contribution is -2.28. The van der Waals surface area contributed by atoms with E-state index in [0.717, 1.165) is 23.8 Å². The fraction of sp³-hybridized carbons (Fsp3) is 0.316. The number of nitro groups is 1. The molecule has 1 amide bonds. The zero-order valence-corrected chi connectivity index (χ0v) is 15.7. The lowest BCUT2D eigenvalue weighted by atomic mass is 10.0. The van der Waals surface area contributed by atoms with Gasteiger partial charge in [0.05, 0.1) is 22.1 Å². The molecule has 0 radical (unpaired) electrons. The van der Waals surface area contributed by atoms with Crippen LogP contribution in [0.1, 0.15) is 29.8 Å². The summed E-state index contributed by atoms with van der Waals surface area (Å²) < 4.78 is 11.7. The van der Waals surface area contributed by atoms with Crippen LogP contribution < -0.4 is 14.8 Å². The molecule has 0 saturated heterocycles. The molecule has 0 bridgehead atoms. The van der Waals surface area contributed by atoms with E-state index < -0.39 is 10.8 Å². The van der Waals surface area contributed by atoms with Crippen LogP contribution in [0.3, 0.4) is 0 Å². The first kappa shape index (κ1) is 19.0. The van der Waals surface area contributed by atoms with Crippen molar-refractivity contribution in [2.24, 2.45) is 0 Å². The first-order valence-electron chi connectivity index (χ1n) is 8.43. The van der Waals surface area contributed by atoms with Crippen LogP contribution in [0.5, 0.6) is 11.5 Å². The number of amides is 1. The highest BCUT2D eigenvalue weighted by Gasteiger charge is 2.32. The zero-order chi connectivity index (χ0) is 19.6. The van der Waals surface area contributed by atoms with E-state index >= 15 is 0 Å². The van der Waals surface area contributed by atoms with Gasteiger partial charge in [-0.2, -0.15) is 0 Å². The van der Waals surface area contributed by atoms with Crippen LogP contribution in [0.25, 0.3) is 0 Å². The average Bonchev–Trinajstić information content (AvgIpc) is 2.93. The predicted molar refractivity (Wildman–Crippen MR) is 101 cm³/mol. The number of carbonyl (C=O) groups is 1. The smallest absolute Gasteiger partial charge is 0.270 e. The van der Waals surface area contributed by atoms with Crippen LogP contribution in [0.15, 0.2) is 36.4 Å². The van der Waals surface area contributed by atoms with Crippen LogP contribution in [0, 0.1) is 10.1 Å². The number of nitro benzene ring substituents is 1. The number of rotatable bonds is 6. The molecule has 0 saturated carbocycles. The standard InChI is InChI=1S/C19H19ClN2O5/c1-19(2)11-12-4-3-5-16(17(12)27-19)26-9-8-21-18(23)14-10-13(22(24)25)6-7-15(14)20/h3-7,10H,8-9,11H2,1-2H3,(H,21,23). The molecule has 7 nitrogen and oxygen atoms in total. The molecule has 2 aromatic rings. The second-order valence-electron chi connectivity index (χ2n) is 6.81. The van der Waals surface area contributed by atoms with Gasteiger partial charge in [0, 0.05) is 24.1 Å². The Kier molecular flexibility index (Phi) is 5.23. The Bertz CT molecular complexity index is 898. The minimum atomic E-state index is -0.576. The number of benzene rings is 2. The van der Waals surface area contributed by atoms with E-state index in [1.54, 1.807) is 0 Å². The topological polar surface area (TPSA) is 90.7 Å². The lowest BCUT2D eigenvalue weighted by molar-refractivity contribution is -0.384. The number of nitrogens with one attached hydrogen (secondary N) is 1. The van der Waals surface area contributed by atoms with Crippen molar-refractivity contribution in [2.45, 2.75) is 25.9 Å². The molecule has 27 heavy (non-hydrogen) atoms. The van der Waals surface area contributed by atoms with Crippen molar-refractivity contribution >= 4 is 23.2 Å². The van der Waals surface area contributed by atoms with Crippen molar-refractivity contribution in [3.8, 4) is 11.5 Å². The van der Waals surface area contributed by atoms with Crippen molar-refractivity contribution in [1.82, 2.24) is 5.32 Å². The molecule has 3 rings (SSSR count). The normalized spacial score (nSPS) is 14.2. The number of nitrogens with zero attached hydrogens (tertiary/aromatic N) is 1. The Balaban J connectivity index is 1.58. The molecular formula is C19H19ClN2O5. The maximum absolute atomic E-state index is 12.2. The fourth-order valence-electron chi connectivity index (χ4n) is 2.92. The quantitative estimate of drug-likeness (QED) is 0.460. The summed E-state index contributed by atoms with van der Waals surface area (Å²) in [5.41, 5.74) is 0.677. The van der Waals surface area contributed by atoms with E-state index in [1.165, 1.54) is 12.1 Å². The number of hydrogen-bond donors (Lipinski definition) is 1. The zero-order valence-electron chi connectivity index (χ0n) is 15.0. The van der Waals surface area contributed by atoms with Gasteiger partial charge in [-0.15, -0.1) is 0 Å². The first-order chi connectivity index (χ1) is 12.8. The Labute approximate surface area is 161 Å². The molecule has 142 valence electrons. The predicted octanol–water partition coefficient (Wildman–Crippen LogP) is 3.77. The van der Waals surface area contributed by atoms with Crippen molar-refractivity contribution in [2.75, 3.05) is 13.2 Å². The summed E-state index contributed by atoms with van der Waals surface area (Å²) >= 11 is 5.96. The second kappa shape index (κ2) is 7.44. The maximum atomic E-state index is 12.2. The van der Waals surface area contributed by atoms with E-state index in [9.17, 15) is 14.9 Å². The van der Waals surface area contributed by atoms with Crippen molar-refractivity contribution in [1.29, 1.82) is 0 Å². The summed E-state index contributed by atoms with van der Waals surface area (Å²) in [5, 5.41) is 13.6. The summed E-state index contributed by atoms with van der Waals surface area (Å²) in [5.74, 6) is 0.860. The third-order valence-electron chi connectivity index (χ3n) is 4.11. The summed E-state index contributed by atoms with van der Waals surface area (Å²) in [7, 11) is 0. The molecule has 1 aliphatic rings. The SMILES string of the molecule is CC1(C)Cc2cccc(OCCNC(=O)c3cc([N+](=O)[O-])ccc3Cl)c2O1. The van der Waals surface area contributed by atoms with Gasteiger partial charge in [0.15, 0.2) is 11.5 Å². The molecule has 8 heteroatoms. The van der Waals surface area contributed by atoms with E-state index in [0.29, 0.717) is 5.75 Å². The molecule has 0 aromatic heterocycles. The van der Waals surface area contributed by atoms with Crippen LogP contribution >= 0.6 is 11.6 Å². The highest BCUT2D eigenvalue weighted by molar-refractivity contribution is 6.33. The first-order valence-corrected chi connectivity index (χ1v) is 8.80. The molecular weight excluding hydrogens is 372 g/mol. The molecule has 0 atom stereocenters. The van der Waals surface area contributed by atoms with Crippen molar-refractivity contribution < 1.29 is 19.2 Å². The van der Waals surface area contributed by atoms with Crippen LogP contribution in [0.4, 0.5) is 5.69 Å². The third kappa shape index (κ3) is 4.31. The van der Waals surface area contributed by atoms with Crippen molar-refractivity contribution in [3.05, 3.63) is 62.7 Å². The molecule has 0 aliphatic carbocycles. The van der Waals surface area contributed by atoms with E-state index in [4.69, 9.17) is 21.1 Å². The minimum absolute atomic E-state index is 0.0524. The molecule has 0 unspecified atom stereocenters. The highest BCUT2D eigenvalue weighted by atomic mass is 35.5. The second-order valence-corrected chi connectivity index (χ2v) is 7.22. The Hall–Kier alpha value is -2.80. The van der Waals surface area contributed by atoms with Gasteiger partial charge in [0.2, 0.25) is 0 Å². The van der Waals surface area contributed by atoms with Gasteiger partial charge in [-0.1, -0.05) is 23.7 Å². The van der Waals surface area contributed by atoms with Crippen LogP contribution in [-0.4, -0.2) is 29.6 Å². The Morgan fingerprint density at radius 1 is 1.37 bits per heavy atom. The lowest BCUT2D eigenvalue weighted by Gasteiger charge is -2.18. The van der Waals surface area contributed by atoms with Gasteiger partial charge in [-0.25, -0.2) is 0 Å². The van der Waals surface area contributed by atoms with E-state index in [-0.39, 0.29) is 35.0 Å². The largest absolute Gasteiger partial charge is 0.488 e. The van der Waals surface area contributed by atoms with E-state index in [1.807, 2.05) is 32.0 Å². The summed E-state index contributed by atoms with van der Waals surface area (Å²) in [6.07, 6.45) is 0.807. The number of carbonyl (C=O) groups excluding carboxylic acids is 1. The van der Waals surface area contributed by atoms with Gasteiger partial charge < -0.3 is 14.8 Å². The number of hydrogen-bond acceptors (Lipinski definition) is 5. The minimum Gasteiger partial charge on any atom is -0.488 e. The summed E-state index contributed by atoms with van der Waals surface area (Å²) in [4.78, 5) is 22.5. The Morgan fingerprint density at radius 3 is 2.89 bits per heavy atom. The van der Waals surface area contributed by atoms with Gasteiger partial charge in [-0.3, -0.25) is 14.9 Å². The molecule has 0 fully saturated rings. The van der Waals surface area contributed by atoms with Crippen molar-refractivity contribution in [3.63, 3.8) is 0 Å². The summed E-state index contributed by atoms with van der Waals surface area (Å²) in [6, 6.07) is 9.46. The van der Waals surface area contributed by atoms with Gasteiger partial charge in [0.25, 0.3) is 11.6 Å². The van der Waals surface area contributed by atoms with Crippen LogP contribution in [0.2, 0.25) is 5.02 Å². The van der Waals surface area contributed by atoms with Crippen LogP contribution in [-0.2, 0) is 6.42 Å². The number of non-ortho nitro benzene ring substituents is 1. The third-order valence-corrected chi connectivity index (χ3v) is 4.44. The number of para-hydroxylation sites is 1. The maximum Gasteiger partial charge on any atom is 0.270 e. The van der Waals surface area contributed by atoms with Gasteiger partial charge in [-0.05, 0) is 26.0 Å². The van der Waals surface area contributed by atoms with Gasteiger partial charge in [0.1, 0.15) is 12.2 Å². The Morgan fingerprint density at radius 2 is 2.15 bits per heavy atom. The molecule has 1 heterocycles.